The zero-order valence-electron chi connectivity index (χ0n) is 10.7. The Morgan fingerprint density at radius 2 is 1.84 bits per heavy atom. The SMILES string of the molecule is CS(=O)(=O)C1CCN(c2ccccc2[N+](=O)[O-])CC1. The summed E-state index contributed by atoms with van der Waals surface area (Å²) in [6.45, 7) is 1.06. The van der Waals surface area contributed by atoms with Crippen LogP contribution in [0.3, 0.4) is 0 Å². The molecule has 1 aromatic carbocycles. The van der Waals surface area contributed by atoms with Crippen LogP contribution in [0.25, 0.3) is 0 Å². The number of para-hydroxylation sites is 2. The molecule has 7 heteroatoms. The molecule has 2 rings (SSSR count). The highest BCUT2D eigenvalue weighted by molar-refractivity contribution is 7.91. The zero-order chi connectivity index (χ0) is 14.0. The van der Waals surface area contributed by atoms with Gasteiger partial charge < -0.3 is 4.90 Å². The van der Waals surface area contributed by atoms with Gasteiger partial charge in [0.1, 0.15) is 15.5 Å². The fraction of sp³-hybridized carbons (Fsp3) is 0.500. The lowest BCUT2D eigenvalue weighted by molar-refractivity contribution is -0.384. The van der Waals surface area contributed by atoms with E-state index in [1.165, 1.54) is 12.3 Å². The normalized spacial score (nSPS) is 17.4. The Bertz CT molecular complexity index is 577. The summed E-state index contributed by atoms with van der Waals surface area (Å²) < 4.78 is 23.0. The minimum Gasteiger partial charge on any atom is -0.366 e. The van der Waals surface area contributed by atoms with E-state index in [9.17, 15) is 18.5 Å². The Morgan fingerprint density at radius 3 is 2.37 bits per heavy atom. The van der Waals surface area contributed by atoms with E-state index in [0.717, 1.165) is 0 Å². The van der Waals surface area contributed by atoms with Gasteiger partial charge in [-0.2, -0.15) is 0 Å². The summed E-state index contributed by atoms with van der Waals surface area (Å²) in [5.74, 6) is 0. The van der Waals surface area contributed by atoms with Gasteiger partial charge in [0.2, 0.25) is 0 Å². The number of nitro groups is 1. The Hall–Kier alpha value is -1.63. The first-order valence-electron chi connectivity index (χ1n) is 6.07. The lowest BCUT2D eigenvalue weighted by Crippen LogP contribution is -2.39. The van der Waals surface area contributed by atoms with Crippen molar-refractivity contribution < 1.29 is 13.3 Å². The van der Waals surface area contributed by atoms with Crippen molar-refractivity contribution in [3.8, 4) is 0 Å². The summed E-state index contributed by atoms with van der Waals surface area (Å²) in [5, 5.41) is 10.6. The maximum absolute atomic E-state index is 11.5. The fourth-order valence-corrected chi connectivity index (χ4v) is 3.48. The van der Waals surface area contributed by atoms with Crippen LogP contribution in [0.2, 0.25) is 0 Å². The molecule has 0 radical (unpaired) electrons. The van der Waals surface area contributed by atoms with Gasteiger partial charge in [-0.25, -0.2) is 8.42 Å². The Kier molecular flexibility index (Phi) is 3.75. The van der Waals surface area contributed by atoms with E-state index < -0.39 is 14.8 Å². The number of benzene rings is 1. The van der Waals surface area contributed by atoms with E-state index in [4.69, 9.17) is 0 Å². The van der Waals surface area contributed by atoms with Gasteiger partial charge in [-0.15, -0.1) is 0 Å². The molecule has 1 heterocycles. The number of piperidine rings is 1. The largest absolute Gasteiger partial charge is 0.366 e. The first kappa shape index (κ1) is 13.8. The monoisotopic (exact) mass is 284 g/mol. The van der Waals surface area contributed by atoms with Crippen molar-refractivity contribution in [1.82, 2.24) is 0 Å². The number of hydrogen-bond donors (Lipinski definition) is 0. The first-order valence-corrected chi connectivity index (χ1v) is 8.02. The van der Waals surface area contributed by atoms with Crippen LogP contribution in [0.15, 0.2) is 24.3 Å². The molecule has 0 bridgehead atoms. The van der Waals surface area contributed by atoms with Crippen molar-refractivity contribution in [2.24, 2.45) is 0 Å². The van der Waals surface area contributed by atoms with E-state index in [1.54, 1.807) is 18.2 Å². The predicted octanol–water partition coefficient (Wildman–Crippen LogP) is 1.61. The highest BCUT2D eigenvalue weighted by Gasteiger charge is 2.29. The van der Waals surface area contributed by atoms with Gasteiger partial charge in [0.25, 0.3) is 5.69 Å². The molecule has 104 valence electrons. The van der Waals surface area contributed by atoms with Crippen LogP contribution in [-0.2, 0) is 9.84 Å². The number of hydrogen-bond acceptors (Lipinski definition) is 5. The van der Waals surface area contributed by atoms with Crippen molar-refractivity contribution >= 4 is 21.2 Å². The Morgan fingerprint density at radius 1 is 1.26 bits per heavy atom. The number of anilines is 1. The van der Waals surface area contributed by atoms with Gasteiger partial charge in [-0.3, -0.25) is 10.1 Å². The van der Waals surface area contributed by atoms with E-state index in [-0.39, 0.29) is 10.9 Å². The van der Waals surface area contributed by atoms with Gasteiger partial charge in [0.15, 0.2) is 0 Å². The molecule has 19 heavy (non-hydrogen) atoms. The molecule has 0 N–H and O–H groups in total. The molecule has 1 aromatic rings. The molecular weight excluding hydrogens is 268 g/mol. The smallest absolute Gasteiger partial charge is 0.292 e. The Labute approximate surface area is 112 Å². The third kappa shape index (κ3) is 3.04. The third-order valence-corrected chi connectivity index (χ3v) is 5.15. The van der Waals surface area contributed by atoms with Crippen molar-refractivity contribution in [2.45, 2.75) is 18.1 Å². The third-order valence-electron chi connectivity index (χ3n) is 3.47. The molecule has 1 fully saturated rings. The maximum Gasteiger partial charge on any atom is 0.292 e. The summed E-state index contributed by atoms with van der Waals surface area (Å²) in [4.78, 5) is 12.5. The van der Waals surface area contributed by atoms with Gasteiger partial charge in [0.05, 0.1) is 10.2 Å². The molecule has 0 unspecified atom stereocenters. The maximum atomic E-state index is 11.5. The van der Waals surface area contributed by atoms with Crippen molar-refractivity contribution in [3.63, 3.8) is 0 Å². The highest BCUT2D eigenvalue weighted by atomic mass is 32.2. The average Bonchev–Trinajstić information content (AvgIpc) is 2.38. The van der Waals surface area contributed by atoms with E-state index in [0.29, 0.717) is 31.6 Å². The molecule has 1 aliphatic rings. The quantitative estimate of drug-likeness (QED) is 0.622. The molecule has 0 spiro atoms. The molecular formula is C12H16N2O4S. The zero-order valence-corrected chi connectivity index (χ0v) is 11.5. The van der Waals surface area contributed by atoms with Crippen LogP contribution < -0.4 is 4.90 Å². The minimum atomic E-state index is -3.02. The molecule has 0 amide bonds. The topological polar surface area (TPSA) is 80.5 Å². The molecule has 0 aromatic heterocycles. The van der Waals surface area contributed by atoms with Gasteiger partial charge in [-0.1, -0.05) is 12.1 Å². The van der Waals surface area contributed by atoms with E-state index in [2.05, 4.69) is 0 Å². The first-order chi connectivity index (χ1) is 8.89. The van der Waals surface area contributed by atoms with Crippen LogP contribution in [-0.4, -0.2) is 37.9 Å². The predicted molar refractivity (Wildman–Crippen MR) is 73.2 cm³/mol. The van der Waals surface area contributed by atoms with Crippen LogP contribution in [0.4, 0.5) is 11.4 Å². The molecule has 6 nitrogen and oxygen atoms in total. The second kappa shape index (κ2) is 5.16. The second-order valence-electron chi connectivity index (χ2n) is 4.76. The standard InChI is InChI=1S/C12H16N2O4S/c1-19(17,18)10-6-8-13(9-7-10)11-4-2-3-5-12(11)14(15)16/h2-5,10H,6-9H2,1H3. The van der Waals surface area contributed by atoms with Crippen LogP contribution in [0, 0.1) is 10.1 Å². The Balaban J connectivity index is 2.16. The molecule has 0 atom stereocenters. The molecule has 1 saturated heterocycles. The average molecular weight is 284 g/mol. The number of sulfone groups is 1. The van der Waals surface area contributed by atoms with Gasteiger partial charge in [-0.05, 0) is 18.9 Å². The van der Waals surface area contributed by atoms with E-state index in [1.807, 2.05) is 4.90 Å². The summed E-state index contributed by atoms with van der Waals surface area (Å²) in [6.07, 6.45) is 2.29. The highest BCUT2D eigenvalue weighted by Crippen LogP contribution is 2.30. The summed E-state index contributed by atoms with van der Waals surface area (Å²) in [6, 6.07) is 6.56. The fourth-order valence-electron chi connectivity index (χ4n) is 2.41. The van der Waals surface area contributed by atoms with Crippen molar-refractivity contribution in [3.05, 3.63) is 34.4 Å². The summed E-state index contributed by atoms with van der Waals surface area (Å²) >= 11 is 0. The lowest BCUT2D eigenvalue weighted by atomic mass is 10.1. The molecule has 1 aliphatic heterocycles. The number of rotatable bonds is 3. The molecule has 0 saturated carbocycles. The van der Waals surface area contributed by atoms with Crippen LogP contribution in [0.5, 0.6) is 0 Å². The lowest BCUT2D eigenvalue weighted by Gasteiger charge is -2.32. The molecule has 0 aliphatic carbocycles. The van der Waals surface area contributed by atoms with Crippen molar-refractivity contribution in [1.29, 1.82) is 0 Å². The van der Waals surface area contributed by atoms with Crippen LogP contribution >= 0.6 is 0 Å². The second-order valence-corrected chi connectivity index (χ2v) is 7.09. The van der Waals surface area contributed by atoms with Crippen LogP contribution in [0.1, 0.15) is 12.8 Å². The summed E-state index contributed by atoms with van der Waals surface area (Å²) in [7, 11) is -3.02. The summed E-state index contributed by atoms with van der Waals surface area (Å²) in [5.41, 5.74) is 0.639. The van der Waals surface area contributed by atoms with E-state index >= 15 is 0 Å². The van der Waals surface area contributed by atoms with Gasteiger partial charge >= 0.3 is 0 Å². The van der Waals surface area contributed by atoms with Gasteiger partial charge in [0, 0.05) is 25.4 Å². The number of nitro benzene ring substituents is 1. The minimum absolute atomic E-state index is 0.0697. The number of nitrogens with zero attached hydrogens (tertiary/aromatic N) is 2. The van der Waals surface area contributed by atoms with Crippen molar-refractivity contribution in [2.75, 3.05) is 24.2 Å².